The first-order chi connectivity index (χ1) is 7.62. The van der Waals surface area contributed by atoms with Gasteiger partial charge in [-0.25, -0.2) is 0 Å². The quantitative estimate of drug-likeness (QED) is 0.756. The zero-order valence-electron chi connectivity index (χ0n) is 8.93. The highest BCUT2D eigenvalue weighted by Gasteiger charge is 2.32. The van der Waals surface area contributed by atoms with Crippen LogP contribution in [0.1, 0.15) is 17.5 Å². The molecule has 1 aliphatic rings. The molecule has 1 aromatic rings. The van der Waals surface area contributed by atoms with Crippen molar-refractivity contribution >= 4 is 16.2 Å². The lowest BCUT2D eigenvalue weighted by atomic mass is 10.1. The third-order valence-corrected chi connectivity index (χ3v) is 4.49. The summed E-state index contributed by atoms with van der Waals surface area (Å²) in [7, 11) is -3.32. The van der Waals surface area contributed by atoms with Gasteiger partial charge in [-0.3, -0.25) is 4.18 Å². The van der Waals surface area contributed by atoms with E-state index >= 15 is 0 Å². The Bertz CT molecular complexity index is 473. The molecule has 0 bridgehead atoms. The Morgan fingerprint density at radius 2 is 2.06 bits per heavy atom. The van der Waals surface area contributed by atoms with Gasteiger partial charge in [0, 0.05) is 0 Å². The maximum Gasteiger partial charge on any atom is 0.270 e. The van der Waals surface area contributed by atoms with Crippen LogP contribution in [0.15, 0.2) is 30.8 Å². The first-order valence-electron chi connectivity index (χ1n) is 5.21. The van der Waals surface area contributed by atoms with Crippen LogP contribution >= 0.6 is 0 Å². The molecule has 1 saturated heterocycles. The van der Waals surface area contributed by atoms with Gasteiger partial charge in [-0.05, 0) is 24.0 Å². The Labute approximate surface area is 95.9 Å². The summed E-state index contributed by atoms with van der Waals surface area (Å²) in [5, 5.41) is -0.387. The summed E-state index contributed by atoms with van der Waals surface area (Å²) >= 11 is 0. The van der Waals surface area contributed by atoms with Crippen molar-refractivity contribution in [1.29, 1.82) is 0 Å². The van der Waals surface area contributed by atoms with Crippen molar-refractivity contribution in [2.75, 3.05) is 6.61 Å². The molecule has 0 N–H and O–H groups in total. The molecule has 1 heterocycles. The van der Waals surface area contributed by atoms with Crippen molar-refractivity contribution in [2.45, 2.75) is 18.1 Å². The van der Waals surface area contributed by atoms with Crippen molar-refractivity contribution in [3.63, 3.8) is 0 Å². The van der Waals surface area contributed by atoms with Crippen LogP contribution in [0.4, 0.5) is 0 Å². The lowest BCUT2D eigenvalue weighted by molar-refractivity contribution is 0.354. The van der Waals surface area contributed by atoms with Crippen molar-refractivity contribution < 1.29 is 12.6 Å². The SMILES string of the molecule is C=Cc1ccc(CC2CCOS2(=O)=O)cc1. The van der Waals surface area contributed by atoms with E-state index in [4.69, 9.17) is 4.18 Å². The molecule has 2 rings (SSSR count). The van der Waals surface area contributed by atoms with Crippen LogP contribution in [0, 0.1) is 0 Å². The van der Waals surface area contributed by atoms with E-state index in [0.29, 0.717) is 19.4 Å². The van der Waals surface area contributed by atoms with Crippen LogP contribution in [0.2, 0.25) is 0 Å². The summed E-state index contributed by atoms with van der Waals surface area (Å²) in [4.78, 5) is 0. The molecule has 0 saturated carbocycles. The molecule has 1 fully saturated rings. The van der Waals surface area contributed by atoms with Crippen LogP contribution in [0.3, 0.4) is 0 Å². The summed E-state index contributed by atoms with van der Waals surface area (Å²) in [5.74, 6) is 0. The van der Waals surface area contributed by atoms with Gasteiger partial charge in [-0.1, -0.05) is 36.9 Å². The minimum atomic E-state index is -3.32. The number of benzene rings is 1. The Morgan fingerprint density at radius 1 is 1.38 bits per heavy atom. The normalized spacial score (nSPS) is 23.1. The molecule has 0 radical (unpaired) electrons. The van der Waals surface area contributed by atoms with E-state index in [9.17, 15) is 8.42 Å². The van der Waals surface area contributed by atoms with Gasteiger partial charge in [0.05, 0.1) is 11.9 Å². The predicted molar refractivity (Wildman–Crippen MR) is 63.5 cm³/mol. The first-order valence-corrected chi connectivity index (χ1v) is 6.68. The van der Waals surface area contributed by atoms with Crippen LogP contribution < -0.4 is 0 Å². The van der Waals surface area contributed by atoms with Gasteiger partial charge < -0.3 is 0 Å². The second kappa shape index (κ2) is 4.39. The lowest BCUT2D eigenvalue weighted by Gasteiger charge is -2.07. The van der Waals surface area contributed by atoms with Gasteiger partial charge in [0.15, 0.2) is 0 Å². The van der Waals surface area contributed by atoms with Gasteiger partial charge in [-0.2, -0.15) is 8.42 Å². The van der Waals surface area contributed by atoms with E-state index in [-0.39, 0.29) is 5.25 Å². The smallest absolute Gasteiger partial charge is 0.270 e. The molecular weight excluding hydrogens is 224 g/mol. The van der Waals surface area contributed by atoms with Crippen LogP contribution in [0.25, 0.3) is 6.08 Å². The molecule has 1 aliphatic heterocycles. The van der Waals surface area contributed by atoms with E-state index in [0.717, 1.165) is 11.1 Å². The average molecular weight is 238 g/mol. The zero-order chi connectivity index (χ0) is 11.6. The molecule has 4 heteroatoms. The monoisotopic (exact) mass is 238 g/mol. The standard InChI is InChI=1S/C12H14O3S/c1-2-10-3-5-11(6-4-10)9-12-7-8-15-16(12,13)14/h2-6,12H,1,7-9H2. The molecule has 1 aromatic carbocycles. The summed E-state index contributed by atoms with van der Waals surface area (Å²) in [6.45, 7) is 3.99. The number of hydrogen-bond donors (Lipinski definition) is 0. The fraction of sp³-hybridized carbons (Fsp3) is 0.333. The molecule has 16 heavy (non-hydrogen) atoms. The minimum absolute atomic E-state index is 0.317. The molecule has 86 valence electrons. The van der Waals surface area contributed by atoms with Crippen LogP contribution in [-0.2, 0) is 20.7 Å². The molecule has 0 aliphatic carbocycles. The average Bonchev–Trinajstić information content (AvgIpc) is 2.59. The van der Waals surface area contributed by atoms with Crippen molar-refractivity contribution in [3.05, 3.63) is 42.0 Å². The van der Waals surface area contributed by atoms with E-state index < -0.39 is 10.1 Å². The van der Waals surface area contributed by atoms with Crippen molar-refractivity contribution in [1.82, 2.24) is 0 Å². The van der Waals surface area contributed by atoms with Crippen LogP contribution in [-0.4, -0.2) is 20.3 Å². The summed E-state index contributed by atoms with van der Waals surface area (Å²) in [6.07, 6.45) is 2.88. The van der Waals surface area contributed by atoms with E-state index in [1.54, 1.807) is 6.08 Å². The molecule has 3 nitrogen and oxygen atoms in total. The molecule has 0 aromatic heterocycles. The summed E-state index contributed by atoms with van der Waals surface area (Å²) in [6, 6.07) is 7.74. The summed E-state index contributed by atoms with van der Waals surface area (Å²) < 4.78 is 27.6. The third-order valence-electron chi connectivity index (χ3n) is 2.77. The first kappa shape index (κ1) is 11.4. The van der Waals surface area contributed by atoms with E-state index in [2.05, 4.69) is 6.58 Å². The zero-order valence-corrected chi connectivity index (χ0v) is 9.74. The van der Waals surface area contributed by atoms with Gasteiger partial charge in [0.25, 0.3) is 10.1 Å². The highest BCUT2D eigenvalue weighted by atomic mass is 32.2. The Balaban J connectivity index is 2.12. The van der Waals surface area contributed by atoms with E-state index in [1.807, 2.05) is 24.3 Å². The highest BCUT2D eigenvalue weighted by Crippen LogP contribution is 2.21. The fourth-order valence-corrected chi connectivity index (χ4v) is 3.10. The number of hydrogen-bond acceptors (Lipinski definition) is 3. The second-order valence-electron chi connectivity index (χ2n) is 3.88. The largest absolute Gasteiger partial charge is 0.270 e. The van der Waals surface area contributed by atoms with Crippen LogP contribution in [0.5, 0.6) is 0 Å². The molecule has 0 spiro atoms. The molecule has 1 atom stereocenters. The third kappa shape index (κ3) is 2.33. The highest BCUT2D eigenvalue weighted by molar-refractivity contribution is 7.87. The maximum absolute atomic E-state index is 11.5. The molecule has 0 amide bonds. The second-order valence-corrected chi connectivity index (χ2v) is 5.76. The Hall–Kier alpha value is -1.13. The number of rotatable bonds is 3. The molecule has 1 unspecified atom stereocenters. The van der Waals surface area contributed by atoms with Gasteiger partial charge in [0.2, 0.25) is 0 Å². The Morgan fingerprint density at radius 3 is 2.56 bits per heavy atom. The van der Waals surface area contributed by atoms with E-state index in [1.165, 1.54) is 0 Å². The minimum Gasteiger partial charge on any atom is -0.270 e. The van der Waals surface area contributed by atoms with Gasteiger partial charge in [0.1, 0.15) is 0 Å². The summed E-state index contributed by atoms with van der Waals surface area (Å²) in [5.41, 5.74) is 2.05. The predicted octanol–water partition coefficient (Wildman–Crippen LogP) is 1.99. The van der Waals surface area contributed by atoms with Crippen molar-refractivity contribution in [2.24, 2.45) is 0 Å². The fourth-order valence-electron chi connectivity index (χ4n) is 1.79. The maximum atomic E-state index is 11.5. The Kier molecular flexibility index (Phi) is 3.12. The topological polar surface area (TPSA) is 43.4 Å². The van der Waals surface area contributed by atoms with Gasteiger partial charge >= 0.3 is 0 Å². The van der Waals surface area contributed by atoms with Gasteiger partial charge in [-0.15, -0.1) is 0 Å². The lowest BCUT2D eigenvalue weighted by Crippen LogP contribution is -2.17. The molecular formula is C12H14O3S. The van der Waals surface area contributed by atoms with Crippen molar-refractivity contribution in [3.8, 4) is 0 Å².